The van der Waals surface area contributed by atoms with Crippen molar-refractivity contribution in [1.82, 2.24) is 9.34 Å². The van der Waals surface area contributed by atoms with Crippen molar-refractivity contribution in [3.05, 3.63) is 0 Å². The molecule has 0 unspecified atom stereocenters. The molecule has 0 bridgehead atoms. The van der Waals surface area contributed by atoms with Crippen molar-refractivity contribution >= 4 is 20.1 Å². The maximum atomic E-state index is 5.56. The molecular formula is C6H14ClN2OP. The van der Waals surface area contributed by atoms with Crippen molar-refractivity contribution in [3.63, 3.8) is 0 Å². The van der Waals surface area contributed by atoms with Crippen molar-refractivity contribution in [3.8, 4) is 0 Å². The molecule has 0 saturated carbocycles. The summed E-state index contributed by atoms with van der Waals surface area (Å²) in [6.45, 7) is 2.86. The third-order valence-corrected chi connectivity index (χ3v) is 3.75. The molecule has 0 aliphatic carbocycles. The minimum Gasteiger partial charge on any atom is -0.330 e. The zero-order valence-electron chi connectivity index (χ0n) is 6.96. The summed E-state index contributed by atoms with van der Waals surface area (Å²) in [5, 5.41) is 0. The van der Waals surface area contributed by atoms with Gasteiger partial charge in [0, 0.05) is 19.0 Å². The van der Waals surface area contributed by atoms with Crippen LogP contribution < -0.4 is 0 Å². The van der Waals surface area contributed by atoms with E-state index in [1.54, 1.807) is 0 Å². The second-order valence-corrected chi connectivity index (χ2v) is 5.04. The summed E-state index contributed by atoms with van der Waals surface area (Å²) >= 11 is 5.52. The van der Waals surface area contributed by atoms with E-state index >= 15 is 0 Å². The van der Waals surface area contributed by atoms with Crippen LogP contribution in [0.2, 0.25) is 0 Å². The van der Waals surface area contributed by atoms with Crippen LogP contribution in [0.15, 0.2) is 0 Å². The highest BCUT2D eigenvalue weighted by atomic mass is 35.5. The Bertz CT molecular complexity index is 117. The molecule has 0 aromatic rings. The van der Waals surface area contributed by atoms with E-state index in [0.29, 0.717) is 12.5 Å². The average molecular weight is 197 g/mol. The minimum absolute atomic E-state index is 0.491. The van der Waals surface area contributed by atoms with E-state index in [1.807, 2.05) is 0 Å². The lowest BCUT2D eigenvalue weighted by Gasteiger charge is -2.22. The molecule has 0 atom stereocenters. The SMILES string of the molecule is CN1CCN(C)P1OCCCl. The second kappa shape index (κ2) is 4.58. The zero-order chi connectivity index (χ0) is 8.27. The number of rotatable bonds is 3. The van der Waals surface area contributed by atoms with Crippen molar-refractivity contribution in [1.29, 1.82) is 0 Å². The molecule has 1 aliphatic rings. The Kier molecular flexibility index (Phi) is 4.04. The van der Waals surface area contributed by atoms with E-state index in [0.717, 1.165) is 13.1 Å². The number of nitrogens with zero attached hydrogens (tertiary/aromatic N) is 2. The highest BCUT2D eigenvalue weighted by Crippen LogP contribution is 2.46. The van der Waals surface area contributed by atoms with E-state index in [9.17, 15) is 0 Å². The molecule has 5 heteroatoms. The zero-order valence-corrected chi connectivity index (χ0v) is 8.61. The average Bonchev–Trinajstić information content (AvgIpc) is 2.29. The van der Waals surface area contributed by atoms with Crippen LogP contribution in [0.3, 0.4) is 0 Å². The normalized spacial score (nSPS) is 23.2. The summed E-state index contributed by atoms with van der Waals surface area (Å²) in [7, 11) is 3.68. The van der Waals surface area contributed by atoms with Crippen LogP contribution in [0.1, 0.15) is 0 Å². The van der Waals surface area contributed by atoms with E-state index in [4.69, 9.17) is 16.1 Å². The topological polar surface area (TPSA) is 15.7 Å². The van der Waals surface area contributed by atoms with Crippen LogP contribution in [0.4, 0.5) is 0 Å². The van der Waals surface area contributed by atoms with Crippen LogP contribution in [0, 0.1) is 0 Å². The fourth-order valence-corrected chi connectivity index (χ4v) is 2.91. The van der Waals surface area contributed by atoms with Gasteiger partial charge in [0.25, 0.3) is 0 Å². The Morgan fingerprint density at radius 1 is 1.36 bits per heavy atom. The van der Waals surface area contributed by atoms with Gasteiger partial charge in [0.2, 0.25) is 0 Å². The molecule has 1 heterocycles. The van der Waals surface area contributed by atoms with Gasteiger partial charge in [-0.1, -0.05) is 0 Å². The Balaban J connectivity index is 2.29. The predicted molar refractivity (Wildman–Crippen MR) is 48.9 cm³/mol. The third kappa shape index (κ3) is 2.53. The van der Waals surface area contributed by atoms with Gasteiger partial charge in [0.05, 0.1) is 6.61 Å². The molecule has 0 spiro atoms. The van der Waals surface area contributed by atoms with Crippen molar-refractivity contribution in [2.24, 2.45) is 0 Å². The monoisotopic (exact) mass is 196 g/mol. The maximum absolute atomic E-state index is 5.56. The number of alkyl halides is 1. The molecular weight excluding hydrogens is 183 g/mol. The van der Waals surface area contributed by atoms with Gasteiger partial charge in [-0.2, -0.15) is 0 Å². The molecule has 0 N–H and O–H groups in total. The first-order chi connectivity index (χ1) is 5.25. The summed E-state index contributed by atoms with van der Waals surface area (Å²) in [5.41, 5.74) is 0. The summed E-state index contributed by atoms with van der Waals surface area (Å²) in [6.07, 6.45) is 0. The molecule has 1 aliphatic heterocycles. The quantitative estimate of drug-likeness (QED) is 0.501. The predicted octanol–water partition coefficient (Wildman–Crippen LogP) is 1.35. The second-order valence-electron chi connectivity index (χ2n) is 2.54. The van der Waals surface area contributed by atoms with Crippen LogP contribution in [-0.2, 0) is 4.52 Å². The van der Waals surface area contributed by atoms with Gasteiger partial charge in [-0.3, -0.25) is 0 Å². The summed E-state index contributed by atoms with van der Waals surface area (Å²) in [5.74, 6) is 0.584. The van der Waals surface area contributed by atoms with Gasteiger partial charge in [-0.25, -0.2) is 9.34 Å². The van der Waals surface area contributed by atoms with Crippen molar-refractivity contribution < 1.29 is 4.52 Å². The van der Waals surface area contributed by atoms with Gasteiger partial charge >= 0.3 is 0 Å². The van der Waals surface area contributed by atoms with Gasteiger partial charge in [0.15, 0.2) is 8.45 Å². The van der Waals surface area contributed by atoms with E-state index in [-0.39, 0.29) is 0 Å². The number of likely N-dealkylation sites (N-methyl/N-ethyl adjacent to an activating group) is 2. The van der Waals surface area contributed by atoms with Gasteiger partial charge < -0.3 is 4.52 Å². The molecule has 1 rings (SSSR count). The molecule has 66 valence electrons. The fourth-order valence-electron chi connectivity index (χ4n) is 1.03. The lowest BCUT2D eigenvalue weighted by molar-refractivity contribution is 0.334. The molecule has 0 aromatic carbocycles. The Labute approximate surface area is 74.2 Å². The largest absolute Gasteiger partial charge is 0.330 e. The Hall–Kier alpha value is 0.600. The standard InChI is InChI=1S/C6H14ClN2OP/c1-8-4-5-9(2)11(8)10-6-3-7/h3-6H2,1-2H3. The molecule has 0 aromatic heterocycles. The maximum Gasteiger partial charge on any atom is 0.187 e. The molecule has 1 fully saturated rings. The van der Waals surface area contributed by atoms with Gasteiger partial charge in [0.1, 0.15) is 0 Å². The van der Waals surface area contributed by atoms with Gasteiger partial charge in [-0.15, -0.1) is 11.6 Å². The summed E-state index contributed by atoms with van der Waals surface area (Å²) in [6, 6.07) is 0. The third-order valence-electron chi connectivity index (χ3n) is 1.62. The number of hydrogen-bond acceptors (Lipinski definition) is 3. The highest BCUT2D eigenvalue weighted by Gasteiger charge is 2.27. The van der Waals surface area contributed by atoms with Crippen LogP contribution in [-0.4, -0.2) is 49.0 Å². The fraction of sp³-hybridized carbons (Fsp3) is 1.00. The lowest BCUT2D eigenvalue weighted by atomic mass is 10.6. The van der Waals surface area contributed by atoms with Crippen molar-refractivity contribution in [2.75, 3.05) is 39.7 Å². The first kappa shape index (κ1) is 9.69. The highest BCUT2D eigenvalue weighted by molar-refractivity contribution is 7.47. The van der Waals surface area contributed by atoms with Crippen LogP contribution in [0.5, 0.6) is 0 Å². The molecule has 3 nitrogen and oxygen atoms in total. The van der Waals surface area contributed by atoms with E-state index in [1.165, 1.54) is 0 Å². The first-order valence-electron chi connectivity index (χ1n) is 3.67. The van der Waals surface area contributed by atoms with E-state index in [2.05, 4.69) is 23.4 Å². The molecule has 0 amide bonds. The minimum atomic E-state index is -0.491. The molecule has 1 saturated heterocycles. The smallest absolute Gasteiger partial charge is 0.187 e. The summed E-state index contributed by atoms with van der Waals surface area (Å²) < 4.78 is 10.0. The summed E-state index contributed by atoms with van der Waals surface area (Å²) in [4.78, 5) is 0. The van der Waals surface area contributed by atoms with E-state index < -0.39 is 8.45 Å². The molecule has 0 radical (unpaired) electrons. The first-order valence-corrected chi connectivity index (χ1v) is 5.37. The van der Waals surface area contributed by atoms with Crippen LogP contribution >= 0.6 is 20.1 Å². The number of hydrogen-bond donors (Lipinski definition) is 0. The van der Waals surface area contributed by atoms with Crippen LogP contribution in [0.25, 0.3) is 0 Å². The molecule has 11 heavy (non-hydrogen) atoms. The van der Waals surface area contributed by atoms with Gasteiger partial charge in [-0.05, 0) is 14.1 Å². The Morgan fingerprint density at radius 2 is 1.91 bits per heavy atom. The lowest BCUT2D eigenvalue weighted by Crippen LogP contribution is -2.11. The van der Waals surface area contributed by atoms with Crippen molar-refractivity contribution in [2.45, 2.75) is 0 Å². The Morgan fingerprint density at radius 3 is 2.36 bits per heavy atom. The number of halogens is 1.